The van der Waals surface area contributed by atoms with Gasteiger partial charge in [-0.05, 0) is 24.6 Å². The van der Waals surface area contributed by atoms with Crippen LogP contribution in [0.4, 0.5) is 0 Å². The molecular weight excluding hydrogens is 226 g/mol. The van der Waals surface area contributed by atoms with Crippen molar-refractivity contribution in [2.75, 3.05) is 12.9 Å². The van der Waals surface area contributed by atoms with Gasteiger partial charge in [0.1, 0.15) is 6.10 Å². The number of hydrogen-bond donors (Lipinski definition) is 3. The van der Waals surface area contributed by atoms with Crippen LogP contribution < -0.4 is 5.32 Å². The van der Waals surface area contributed by atoms with Crippen molar-refractivity contribution in [2.45, 2.75) is 25.2 Å². The number of alkyl halides is 1. The quantitative estimate of drug-likeness (QED) is 0.663. The molecule has 0 aliphatic carbocycles. The summed E-state index contributed by atoms with van der Waals surface area (Å²) in [7, 11) is 1.85. The first-order valence-corrected chi connectivity index (χ1v) is 5.88. The molecule has 0 aliphatic rings. The number of benzene rings is 1. The Kier molecular flexibility index (Phi) is 5.77. The summed E-state index contributed by atoms with van der Waals surface area (Å²) >= 11 is 5.55. The number of rotatable bonds is 6. The van der Waals surface area contributed by atoms with Gasteiger partial charge in [-0.1, -0.05) is 24.3 Å². The molecule has 0 aliphatic heterocycles. The van der Waals surface area contributed by atoms with Gasteiger partial charge in [-0.2, -0.15) is 0 Å². The van der Waals surface area contributed by atoms with Crippen molar-refractivity contribution in [3.63, 3.8) is 0 Å². The van der Waals surface area contributed by atoms with Gasteiger partial charge in [0.15, 0.2) is 0 Å². The third-order valence-corrected chi connectivity index (χ3v) is 2.73. The van der Waals surface area contributed by atoms with Crippen molar-refractivity contribution in [2.24, 2.45) is 0 Å². The van der Waals surface area contributed by atoms with Gasteiger partial charge in [-0.3, -0.25) is 0 Å². The smallest absolute Gasteiger partial charge is 0.105 e. The van der Waals surface area contributed by atoms with Crippen molar-refractivity contribution in [3.05, 3.63) is 35.4 Å². The standard InChI is InChI=1S/C12H18ClNO2/c1-14-8-9-4-2-3-5-10(9)12(16)11(15)6-7-13/h2-5,11-12,14-16H,6-8H2,1H3. The fourth-order valence-electron chi connectivity index (χ4n) is 1.65. The van der Waals surface area contributed by atoms with Crippen LogP contribution in [0.3, 0.4) is 0 Å². The zero-order valence-electron chi connectivity index (χ0n) is 9.36. The number of nitrogens with one attached hydrogen (secondary N) is 1. The third kappa shape index (κ3) is 3.46. The lowest BCUT2D eigenvalue weighted by Crippen LogP contribution is -2.21. The minimum atomic E-state index is -0.872. The van der Waals surface area contributed by atoms with Crippen LogP contribution in [0.1, 0.15) is 23.7 Å². The monoisotopic (exact) mass is 243 g/mol. The highest BCUT2D eigenvalue weighted by Crippen LogP contribution is 2.22. The average molecular weight is 244 g/mol. The Morgan fingerprint density at radius 3 is 2.62 bits per heavy atom. The van der Waals surface area contributed by atoms with Crippen molar-refractivity contribution in [3.8, 4) is 0 Å². The molecule has 0 bridgehead atoms. The van der Waals surface area contributed by atoms with E-state index < -0.39 is 12.2 Å². The van der Waals surface area contributed by atoms with Crippen LogP contribution in [-0.2, 0) is 6.54 Å². The predicted molar refractivity (Wildman–Crippen MR) is 65.5 cm³/mol. The largest absolute Gasteiger partial charge is 0.390 e. The first-order valence-electron chi connectivity index (χ1n) is 5.35. The molecule has 0 radical (unpaired) electrons. The second-order valence-electron chi connectivity index (χ2n) is 3.72. The van der Waals surface area contributed by atoms with Gasteiger partial charge in [0.25, 0.3) is 0 Å². The zero-order valence-corrected chi connectivity index (χ0v) is 10.1. The summed E-state index contributed by atoms with van der Waals surface area (Å²) in [6.45, 7) is 0.667. The third-order valence-electron chi connectivity index (χ3n) is 2.51. The first-order chi connectivity index (χ1) is 7.70. The summed E-state index contributed by atoms with van der Waals surface area (Å²) in [5.41, 5.74) is 1.75. The lowest BCUT2D eigenvalue weighted by Gasteiger charge is -2.20. The summed E-state index contributed by atoms with van der Waals surface area (Å²) in [6.07, 6.45) is -1.30. The fourth-order valence-corrected chi connectivity index (χ4v) is 1.87. The molecule has 2 atom stereocenters. The van der Waals surface area contributed by atoms with Crippen molar-refractivity contribution in [1.29, 1.82) is 0 Å². The molecule has 3 N–H and O–H groups in total. The molecule has 3 nitrogen and oxygen atoms in total. The molecule has 0 saturated carbocycles. The van der Waals surface area contributed by atoms with Crippen molar-refractivity contribution in [1.82, 2.24) is 5.32 Å². The Balaban J connectivity index is 2.84. The van der Waals surface area contributed by atoms with E-state index in [0.717, 1.165) is 11.1 Å². The molecule has 0 aromatic heterocycles. The van der Waals surface area contributed by atoms with Gasteiger partial charge < -0.3 is 15.5 Å². The van der Waals surface area contributed by atoms with Crippen LogP contribution in [0.2, 0.25) is 0 Å². The molecule has 4 heteroatoms. The maximum absolute atomic E-state index is 9.99. The Morgan fingerprint density at radius 1 is 1.31 bits per heavy atom. The SMILES string of the molecule is CNCc1ccccc1C(O)C(O)CCCl. The Morgan fingerprint density at radius 2 is 2.00 bits per heavy atom. The van der Waals surface area contributed by atoms with Crippen molar-refractivity contribution < 1.29 is 10.2 Å². The highest BCUT2D eigenvalue weighted by atomic mass is 35.5. The van der Waals surface area contributed by atoms with Gasteiger partial charge >= 0.3 is 0 Å². The highest BCUT2D eigenvalue weighted by molar-refractivity contribution is 6.17. The molecule has 0 heterocycles. The maximum Gasteiger partial charge on any atom is 0.105 e. The molecule has 1 aromatic carbocycles. The molecule has 90 valence electrons. The summed E-state index contributed by atoms with van der Waals surface area (Å²) in [4.78, 5) is 0. The minimum absolute atomic E-state index is 0.340. The minimum Gasteiger partial charge on any atom is -0.390 e. The molecule has 0 amide bonds. The van der Waals surface area contributed by atoms with Gasteiger partial charge in [0.05, 0.1) is 6.10 Å². The van der Waals surface area contributed by atoms with Gasteiger partial charge in [-0.25, -0.2) is 0 Å². The van der Waals surface area contributed by atoms with Gasteiger partial charge in [0.2, 0.25) is 0 Å². The number of aliphatic hydroxyl groups excluding tert-OH is 2. The number of aliphatic hydroxyl groups is 2. The lowest BCUT2D eigenvalue weighted by atomic mass is 9.97. The molecule has 0 fully saturated rings. The fraction of sp³-hybridized carbons (Fsp3) is 0.500. The van der Waals surface area contributed by atoms with E-state index in [0.29, 0.717) is 18.8 Å². The van der Waals surface area contributed by atoms with Crippen LogP contribution in [0.5, 0.6) is 0 Å². The van der Waals surface area contributed by atoms with E-state index in [1.165, 1.54) is 0 Å². The zero-order chi connectivity index (χ0) is 12.0. The maximum atomic E-state index is 9.99. The van der Waals surface area contributed by atoms with Crippen LogP contribution >= 0.6 is 11.6 Å². The summed E-state index contributed by atoms with van der Waals surface area (Å²) in [5, 5.41) is 22.7. The molecular formula is C12H18ClNO2. The van der Waals surface area contributed by atoms with E-state index in [1.807, 2.05) is 31.3 Å². The van der Waals surface area contributed by atoms with E-state index in [1.54, 1.807) is 0 Å². The molecule has 1 aromatic rings. The summed E-state index contributed by atoms with van der Waals surface area (Å²) in [5.74, 6) is 0.340. The van der Waals surface area contributed by atoms with Gasteiger partial charge in [-0.15, -0.1) is 11.6 Å². The second kappa shape index (κ2) is 6.86. The van der Waals surface area contributed by atoms with Crippen LogP contribution in [0.15, 0.2) is 24.3 Å². The Bertz CT molecular complexity index is 320. The van der Waals surface area contributed by atoms with E-state index in [4.69, 9.17) is 11.6 Å². The van der Waals surface area contributed by atoms with E-state index in [2.05, 4.69) is 5.32 Å². The lowest BCUT2D eigenvalue weighted by molar-refractivity contribution is 0.0164. The molecule has 0 spiro atoms. The molecule has 0 saturated heterocycles. The predicted octanol–water partition coefficient (Wildman–Crippen LogP) is 1.43. The van der Waals surface area contributed by atoms with E-state index in [-0.39, 0.29) is 0 Å². The highest BCUT2D eigenvalue weighted by Gasteiger charge is 2.19. The summed E-state index contributed by atoms with van der Waals surface area (Å²) < 4.78 is 0. The van der Waals surface area contributed by atoms with Crippen LogP contribution in [0, 0.1) is 0 Å². The molecule has 16 heavy (non-hydrogen) atoms. The second-order valence-corrected chi connectivity index (χ2v) is 4.10. The van der Waals surface area contributed by atoms with E-state index >= 15 is 0 Å². The molecule has 2 unspecified atom stereocenters. The number of halogens is 1. The summed E-state index contributed by atoms with van der Waals surface area (Å²) in [6, 6.07) is 7.53. The van der Waals surface area contributed by atoms with Crippen LogP contribution in [0.25, 0.3) is 0 Å². The molecule has 1 rings (SSSR count). The van der Waals surface area contributed by atoms with Crippen LogP contribution in [-0.4, -0.2) is 29.2 Å². The van der Waals surface area contributed by atoms with E-state index in [9.17, 15) is 10.2 Å². The average Bonchev–Trinajstić information content (AvgIpc) is 2.29. The van der Waals surface area contributed by atoms with Gasteiger partial charge in [0, 0.05) is 12.4 Å². The topological polar surface area (TPSA) is 52.5 Å². The Hall–Kier alpha value is -0.610. The van der Waals surface area contributed by atoms with Crippen molar-refractivity contribution >= 4 is 11.6 Å². The first kappa shape index (κ1) is 13.5. The normalized spacial score (nSPS) is 14.8. The Labute approximate surface area is 101 Å². The number of hydrogen-bond acceptors (Lipinski definition) is 3.